The molecule has 1 rings (SSSR count). The Bertz CT molecular complexity index is 1260. The molecule has 7 N–H and O–H groups in total. The zero-order valence-corrected chi connectivity index (χ0v) is 33.5. The van der Waals surface area contributed by atoms with Crippen LogP contribution in [0.1, 0.15) is 107 Å². The maximum Gasteiger partial charge on any atom is 0.305 e. The quantitative estimate of drug-likeness (QED) is 0.127. The van der Waals surface area contributed by atoms with Crippen LogP contribution in [0.4, 0.5) is 0 Å². The second-order valence-corrected chi connectivity index (χ2v) is 15.5. The van der Waals surface area contributed by atoms with Crippen molar-refractivity contribution in [1.82, 2.24) is 31.9 Å². The van der Waals surface area contributed by atoms with E-state index in [1.54, 1.807) is 19.1 Å². The van der Waals surface area contributed by atoms with Gasteiger partial charge < -0.3 is 46.5 Å². The van der Waals surface area contributed by atoms with Gasteiger partial charge in [0.25, 0.3) is 0 Å². The molecule has 0 aliphatic carbocycles. The second-order valence-electron chi connectivity index (χ2n) is 15.5. The van der Waals surface area contributed by atoms with Crippen molar-refractivity contribution < 1.29 is 48.1 Å². The van der Waals surface area contributed by atoms with Gasteiger partial charge >= 0.3 is 5.97 Å². The van der Waals surface area contributed by atoms with Crippen LogP contribution in [-0.4, -0.2) is 109 Å². The molecule has 0 saturated heterocycles. The molecule has 54 heavy (non-hydrogen) atoms. The van der Waals surface area contributed by atoms with Gasteiger partial charge in [-0.2, -0.15) is 0 Å². The van der Waals surface area contributed by atoms with Crippen molar-refractivity contribution in [3.63, 3.8) is 0 Å². The number of aliphatic carboxylic acids is 1. The van der Waals surface area contributed by atoms with Crippen molar-refractivity contribution in [3.05, 3.63) is 12.2 Å². The third kappa shape index (κ3) is 23.6. The van der Waals surface area contributed by atoms with Crippen LogP contribution in [-0.2, 0) is 43.0 Å². The zero-order valence-electron chi connectivity index (χ0n) is 33.5. The molecule has 16 nitrogen and oxygen atoms in total. The van der Waals surface area contributed by atoms with Crippen LogP contribution in [0.15, 0.2) is 12.2 Å². The van der Waals surface area contributed by atoms with E-state index >= 15 is 0 Å². The van der Waals surface area contributed by atoms with Gasteiger partial charge in [-0.05, 0) is 37.5 Å². The topological polar surface area (TPSA) is 230 Å². The predicted octanol–water partition coefficient (Wildman–Crippen LogP) is 1.71. The van der Waals surface area contributed by atoms with E-state index in [-0.39, 0.29) is 100 Å². The minimum Gasteiger partial charge on any atom is -0.481 e. The summed E-state index contributed by atoms with van der Waals surface area (Å²) in [7, 11) is 0. The smallest absolute Gasteiger partial charge is 0.305 e. The van der Waals surface area contributed by atoms with E-state index in [0.717, 1.165) is 0 Å². The highest BCUT2D eigenvalue weighted by atomic mass is 16.5. The average molecular weight is 767 g/mol. The third-order valence-electron chi connectivity index (χ3n) is 8.42. The lowest BCUT2D eigenvalue weighted by Gasteiger charge is -2.25. The van der Waals surface area contributed by atoms with Gasteiger partial charge in [-0.15, -0.1) is 0 Å². The highest BCUT2D eigenvalue weighted by Crippen LogP contribution is 2.12. The number of hydrogen-bond donors (Lipinski definition) is 7. The molecule has 0 radical (unpaired) electrons. The Morgan fingerprint density at radius 3 is 1.94 bits per heavy atom. The van der Waals surface area contributed by atoms with Gasteiger partial charge in [0, 0.05) is 63.2 Å². The molecule has 6 atom stereocenters. The Labute approximate surface area is 320 Å². The first-order valence-electron chi connectivity index (χ1n) is 19.1. The molecule has 1 aliphatic rings. The summed E-state index contributed by atoms with van der Waals surface area (Å²) in [5, 5.41) is 26.3. The lowest BCUT2D eigenvalue weighted by molar-refractivity contribution is -0.138. The highest BCUT2D eigenvalue weighted by Gasteiger charge is 2.26. The third-order valence-corrected chi connectivity index (χ3v) is 8.42. The van der Waals surface area contributed by atoms with Crippen LogP contribution >= 0.6 is 0 Å². The molecule has 16 heteroatoms. The maximum atomic E-state index is 13.3. The fraction of sp³-hybridized carbons (Fsp3) is 0.763. The Morgan fingerprint density at radius 2 is 1.37 bits per heavy atom. The number of ether oxygens (including phenoxy) is 2. The van der Waals surface area contributed by atoms with Gasteiger partial charge in [0.05, 0.1) is 44.9 Å². The summed E-state index contributed by atoms with van der Waals surface area (Å²) in [6, 6.07) is -3.49. The summed E-state index contributed by atoms with van der Waals surface area (Å²) in [4.78, 5) is 88.5. The Balaban J connectivity index is 3.17. The molecule has 308 valence electrons. The maximum absolute atomic E-state index is 13.3. The van der Waals surface area contributed by atoms with Gasteiger partial charge in [0.1, 0.15) is 0 Å². The van der Waals surface area contributed by atoms with Crippen LogP contribution in [0.5, 0.6) is 0 Å². The lowest BCUT2D eigenvalue weighted by atomic mass is 9.99. The van der Waals surface area contributed by atoms with Crippen molar-refractivity contribution in [2.75, 3.05) is 26.4 Å². The number of carboxylic acids is 1. The number of rotatable bonds is 14. The van der Waals surface area contributed by atoms with E-state index in [4.69, 9.17) is 9.47 Å². The van der Waals surface area contributed by atoms with Crippen molar-refractivity contribution in [2.45, 2.75) is 143 Å². The Morgan fingerprint density at radius 1 is 0.778 bits per heavy atom. The SMILES string of the molecule is CC(=O)N[C@H](CC(=O)N[C@H]1COC/C=C/COC[C@@H](CC(=O)N[C@@H](CC(=O)O)CC(C)C)NC(=O)C[C@H](CC(C)C)NC(=O)C[C@H](C)NC(=O)C1)C(C)C. The van der Waals surface area contributed by atoms with E-state index < -0.39 is 59.9 Å². The summed E-state index contributed by atoms with van der Waals surface area (Å²) in [5.41, 5.74) is 0. The largest absolute Gasteiger partial charge is 0.481 e. The molecular formula is C38H66N6O10. The van der Waals surface area contributed by atoms with Crippen molar-refractivity contribution in [2.24, 2.45) is 17.8 Å². The lowest BCUT2D eigenvalue weighted by Crippen LogP contribution is -2.48. The summed E-state index contributed by atoms with van der Waals surface area (Å²) in [5.74, 6) is -2.93. The van der Waals surface area contributed by atoms with E-state index in [9.17, 15) is 38.7 Å². The van der Waals surface area contributed by atoms with Crippen molar-refractivity contribution in [3.8, 4) is 0 Å². The average Bonchev–Trinajstić information content (AvgIpc) is 2.99. The first-order chi connectivity index (χ1) is 25.3. The van der Waals surface area contributed by atoms with Crippen LogP contribution in [0, 0.1) is 17.8 Å². The molecule has 0 unspecified atom stereocenters. The summed E-state index contributed by atoms with van der Waals surface area (Å²) in [6.45, 7) is 14.9. The van der Waals surface area contributed by atoms with Gasteiger partial charge in [-0.25, -0.2) is 0 Å². The molecule has 6 amide bonds. The monoisotopic (exact) mass is 766 g/mol. The molecule has 0 aromatic rings. The predicted molar refractivity (Wildman–Crippen MR) is 203 cm³/mol. The number of hydrogen-bond acceptors (Lipinski definition) is 9. The summed E-state index contributed by atoms with van der Waals surface area (Å²) < 4.78 is 11.5. The first-order valence-corrected chi connectivity index (χ1v) is 19.1. The fourth-order valence-electron chi connectivity index (χ4n) is 6.13. The van der Waals surface area contributed by atoms with Crippen molar-refractivity contribution in [1.29, 1.82) is 0 Å². The molecule has 0 fully saturated rings. The minimum atomic E-state index is -1.03. The summed E-state index contributed by atoms with van der Waals surface area (Å²) in [6.07, 6.45) is 3.77. The Hall–Kier alpha value is -4.05. The molecule has 1 heterocycles. The molecular weight excluding hydrogens is 700 g/mol. The Kier molecular flexibility index (Phi) is 23.0. The number of carbonyl (C=O) groups is 7. The zero-order chi connectivity index (χ0) is 40.8. The molecule has 0 spiro atoms. The van der Waals surface area contributed by atoms with Gasteiger partial charge in [0.15, 0.2) is 0 Å². The first kappa shape index (κ1) is 48.0. The van der Waals surface area contributed by atoms with Crippen LogP contribution < -0.4 is 31.9 Å². The molecule has 1 aliphatic heterocycles. The molecule has 0 aromatic carbocycles. The molecule has 0 saturated carbocycles. The van der Waals surface area contributed by atoms with Crippen molar-refractivity contribution >= 4 is 41.4 Å². The van der Waals surface area contributed by atoms with E-state index in [0.29, 0.717) is 12.8 Å². The van der Waals surface area contributed by atoms with E-state index in [2.05, 4.69) is 31.9 Å². The number of carbonyl (C=O) groups excluding carboxylic acids is 6. The fourth-order valence-corrected chi connectivity index (χ4v) is 6.13. The van der Waals surface area contributed by atoms with Crippen LogP contribution in [0.3, 0.4) is 0 Å². The normalized spacial score (nSPS) is 23.2. The van der Waals surface area contributed by atoms with Gasteiger partial charge in [0.2, 0.25) is 35.4 Å². The molecule has 0 bridgehead atoms. The highest BCUT2D eigenvalue weighted by molar-refractivity contribution is 5.83. The number of nitrogens with one attached hydrogen (secondary N) is 6. The van der Waals surface area contributed by atoms with Gasteiger partial charge in [-0.1, -0.05) is 53.7 Å². The van der Waals surface area contributed by atoms with E-state index in [1.165, 1.54) is 6.92 Å². The second kappa shape index (κ2) is 25.9. The minimum absolute atomic E-state index is 0.00544. The standard InChI is InChI=1S/C38H66N6O10/c1-23(2)13-28-16-35(48)43-31(18-36(49)42-29(14-24(3)4)19-38(51)52)22-54-12-10-9-11-53-21-30(17-34(47)39-26(7)15-33(46)41-28)44-37(50)20-32(25(5)6)40-27(8)45/h9-10,23-26,28-32H,11-22H2,1-8H3,(H,39,47)(H,40,45)(H,41,46)(H,42,49)(H,43,48)(H,44,50)(H,51,52)/b10-9+/t26-,28-,29+,30+,31+,32+/m0/s1. The van der Waals surface area contributed by atoms with Crippen LogP contribution in [0.25, 0.3) is 0 Å². The number of amides is 6. The van der Waals surface area contributed by atoms with Gasteiger partial charge in [-0.3, -0.25) is 33.6 Å². The van der Waals surface area contributed by atoms with E-state index in [1.807, 2.05) is 41.5 Å². The summed E-state index contributed by atoms with van der Waals surface area (Å²) >= 11 is 0. The number of carboxylic acid groups (broad SMARTS) is 1. The van der Waals surface area contributed by atoms with Crippen LogP contribution in [0.2, 0.25) is 0 Å². The molecule has 0 aromatic heterocycles.